The number of carbonyl (C=O) groups is 1. The lowest BCUT2D eigenvalue weighted by atomic mass is 9.98. The maximum absolute atomic E-state index is 11.1. The zero-order valence-electron chi connectivity index (χ0n) is 19.8. The van der Waals surface area contributed by atoms with Gasteiger partial charge in [0.25, 0.3) is 0 Å². The molecule has 1 aliphatic rings. The summed E-state index contributed by atoms with van der Waals surface area (Å²) in [6, 6.07) is 11.5. The number of carboxylic acids is 1. The second-order valence-corrected chi connectivity index (χ2v) is 8.58. The molecule has 0 spiro atoms. The van der Waals surface area contributed by atoms with Gasteiger partial charge in [0.2, 0.25) is 5.88 Å². The topological polar surface area (TPSA) is 108 Å². The van der Waals surface area contributed by atoms with E-state index in [0.29, 0.717) is 29.5 Å². The highest BCUT2D eigenvalue weighted by atomic mass is 16.5. The molecule has 3 heterocycles. The summed E-state index contributed by atoms with van der Waals surface area (Å²) in [6.45, 7) is 3.08. The van der Waals surface area contributed by atoms with E-state index in [1.807, 2.05) is 36.4 Å². The molecule has 1 saturated heterocycles. The second kappa shape index (κ2) is 11.8. The number of furan rings is 1. The molecule has 35 heavy (non-hydrogen) atoms. The third-order valence-corrected chi connectivity index (χ3v) is 6.24. The normalized spacial score (nSPS) is 16.4. The van der Waals surface area contributed by atoms with Gasteiger partial charge >= 0.3 is 5.97 Å². The van der Waals surface area contributed by atoms with Crippen LogP contribution in [0.3, 0.4) is 0 Å². The number of nitrogens with one attached hydrogen (secondary N) is 1. The number of benzene rings is 1. The minimum atomic E-state index is -1.02. The molecule has 1 aliphatic heterocycles. The van der Waals surface area contributed by atoms with Crippen LogP contribution in [-0.4, -0.2) is 65.4 Å². The lowest BCUT2D eigenvalue weighted by Gasteiger charge is -2.33. The number of aromatic nitrogens is 1. The fourth-order valence-corrected chi connectivity index (χ4v) is 4.39. The Bertz CT molecular complexity index is 1180. The standard InChI is InChI=1S/C27H31N3O5/c1-34-25-10-9-22-19(7-11-26(32)33)6-8-23(27(22)29-25)24(31)18-30-15-12-20(13-16-30)28-14-2-4-21-5-3-17-35-21/h2-11,17,20,24,28,31H,12-16,18H2,1H3,(H,32,33)/b4-2+,11-7+. The highest BCUT2D eigenvalue weighted by Crippen LogP contribution is 2.29. The highest BCUT2D eigenvalue weighted by molar-refractivity contribution is 5.94. The predicted octanol–water partition coefficient (Wildman–Crippen LogP) is 3.74. The van der Waals surface area contributed by atoms with E-state index < -0.39 is 12.1 Å². The molecule has 1 aromatic carbocycles. The third-order valence-electron chi connectivity index (χ3n) is 6.24. The fraction of sp³-hybridized carbons (Fsp3) is 0.333. The van der Waals surface area contributed by atoms with E-state index in [1.54, 1.807) is 19.4 Å². The molecule has 4 rings (SSSR count). The molecular formula is C27H31N3O5. The number of fused-ring (bicyclic) bond motifs is 1. The van der Waals surface area contributed by atoms with Crippen molar-refractivity contribution in [3.63, 3.8) is 0 Å². The lowest BCUT2D eigenvalue weighted by Crippen LogP contribution is -2.43. The Morgan fingerprint density at radius 2 is 2.09 bits per heavy atom. The van der Waals surface area contributed by atoms with Crippen molar-refractivity contribution in [1.29, 1.82) is 0 Å². The van der Waals surface area contributed by atoms with Crippen molar-refractivity contribution in [3.05, 3.63) is 71.7 Å². The molecule has 184 valence electrons. The summed E-state index contributed by atoms with van der Waals surface area (Å²) in [6.07, 6.45) is 9.62. The molecular weight excluding hydrogens is 446 g/mol. The molecule has 0 bridgehead atoms. The zero-order valence-corrected chi connectivity index (χ0v) is 19.8. The number of likely N-dealkylation sites (tertiary alicyclic amines) is 1. The van der Waals surface area contributed by atoms with Crippen molar-refractivity contribution in [1.82, 2.24) is 15.2 Å². The number of carboxylic acid groups (broad SMARTS) is 1. The minimum Gasteiger partial charge on any atom is -0.481 e. The average molecular weight is 478 g/mol. The van der Waals surface area contributed by atoms with Gasteiger partial charge in [-0.3, -0.25) is 0 Å². The molecule has 3 N–H and O–H groups in total. The first kappa shape index (κ1) is 24.7. The molecule has 1 fully saturated rings. The summed E-state index contributed by atoms with van der Waals surface area (Å²) < 4.78 is 10.6. The third kappa shape index (κ3) is 6.57. The van der Waals surface area contributed by atoms with Gasteiger partial charge in [0.05, 0.1) is 25.0 Å². The van der Waals surface area contributed by atoms with Crippen molar-refractivity contribution < 1.29 is 24.2 Å². The first-order valence-electron chi connectivity index (χ1n) is 11.8. The van der Waals surface area contributed by atoms with Crippen LogP contribution in [0.1, 0.15) is 35.8 Å². The summed E-state index contributed by atoms with van der Waals surface area (Å²) in [5.74, 6) is 0.273. The molecule has 3 aromatic rings. The summed E-state index contributed by atoms with van der Waals surface area (Å²) in [5, 5.41) is 24.4. The molecule has 8 heteroatoms. The lowest BCUT2D eigenvalue weighted by molar-refractivity contribution is -0.131. The molecule has 8 nitrogen and oxygen atoms in total. The first-order chi connectivity index (χ1) is 17.0. The van der Waals surface area contributed by atoms with Gasteiger partial charge in [-0.05, 0) is 61.8 Å². The number of pyridine rings is 1. The smallest absolute Gasteiger partial charge is 0.328 e. The van der Waals surface area contributed by atoms with E-state index in [2.05, 4.69) is 21.3 Å². The molecule has 0 aliphatic carbocycles. The Morgan fingerprint density at radius 3 is 2.80 bits per heavy atom. The van der Waals surface area contributed by atoms with Crippen molar-refractivity contribution in [2.75, 3.05) is 33.3 Å². The van der Waals surface area contributed by atoms with Crippen molar-refractivity contribution in [2.24, 2.45) is 0 Å². The number of aliphatic hydroxyl groups excluding tert-OH is 1. The van der Waals surface area contributed by atoms with Crippen molar-refractivity contribution in [3.8, 4) is 5.88 Å². The van der Waals surface area contributed by atoms with Crippen LogP contribution >= 0.6 is 0 Å². The Balaban J connectivity index is 1.37. The summed E-state index contributed by atoms with van der Waals surface area (Å²) in [5.41, 5.74) is 2.04. The van der Waals surface area contributed by atoms with Gasteiger partial charge < -0.3 is 29.6 Å². The van der Waals surface area contributed by atoms with Crippen LogP contribution in [0, 0.1) is 0 Å². The van der Waals surface area contributed by atoms with Gasteiger partial charge in [-0.1, -0.05) is 18.2 Å². The van der Waals surface area contributed by atoms with Crippen molar-refractivity contribution in [2.45, 2.75) is 25.0 Å². The van der Waals surface area contributed by atoms with E-state index >= 15 is 0 Å². The van der Waals surface area contributed by atoms with Gasteiger partial charge in [0, 0.05) is 42.2 Å². The Hall–Kier alpha value is -3.46. The van der Waals surface area contributed by atoms with Gasteiger partial charge in [0.15, 0.2) is 0 Å². The largest absolute Gasteiger partial charge is 0.481 e. The molecule has 1 unspecified atom stereocenters. The second-order valence-electron chi connectivity index (χ2n) is 8.58. The number of hydrogen-bond acceptors (Lipinski definition) is 7. The number of hydrogen-bond donors (Lipinski definition) is 3. The zero-order chi connectivity index (χ0) is 24.6. The number of piperidine rings is 1. The van der Waals surface area contributed by atoms with Crippen LogP contribution in [0.4, 0.5) is 0 Å². The summed E-state index contributed by atoms with van der Waals surface area (Å²) in [4.78, 5) is 17.8. The van der Waals surface area contributed by atoms with Crippen LogP contribution in [-0.2, 0) is 4.79 Å². The van der Waals surface area contributed by atoms with E-state index in [9.17, 15) is 9.90 Å². The summed E-state index contributed by atoms with van der Waals surface area (Å²) in [7, 11) is 1.55. The summed E-state index contributed by atoms with van der Waals surface area (Å²) >= 11 is 0. The molecule has 0 amide bonds. The number of aliphatic hydroxyl groups is 1. The Labute approximate surface area is 204 Å². The molecule has 1 atom stereocenters. The predicted molar refractivity (Wildman–Crippen MR) is 135 cm³/mol. The number of methoxy groups -OCH3 is 1. The van der Waals surface area contributed by atoms with Gasteiger partial charge in [-0.25, -0.2) is 9.78 Å². The van der Waals surface area contributed by atoms with Crippen LogP contribution < -0.4 is 10.1 Å². The highest BCUT2D eigenvalue weighted by Gasteiger charge is 2.23. The van der Waals surface area contributed by atoms with Crippen LogP contribution in [0.5, 0.6) is 5.88 Å². The van der Waals surface area contributed by atoms with E-state index in [-0.39, 0.29) is 0 Å². The number of aliphatic carboxylic acids is 1. The Kier molecular flexibility index (Phi) is 8.31. The Morgan fingerprint density at radius 1 is 1.26 bits per heavy atom. The number of nitrogens with zero attached hydrogens (tertiary/aromatic N) is 2. The molecule has 2 aromatic heterocycles. The van der Waals surface area contributed by atoms with Gasteiger partial charge in [-0.15, -0.1) is 0 Å². The van der Waals surface area contributed by atoms with E-state index in [0.717, 1.165) is 55.3 Å². The number of ether oxygens (including phenoxy) is 1. The molecule has 0 radical (unpaired) electrons. The number of β-amino-alcohol motifs (C(OH)–C–C–N with tert-alkyl or cyclic N) is 1. The van der Waals surface area contributed by atoms with Crippen LogP contribution in [0.15, 0.2) is 59.2 Å². The van der Waals surface area contributed by atoms with Crippen LogP contribution in [0.2, 0.25) is 0 Å². The van der Waals surface area contributed by atoms with E-state index in [1.165, 1.54) is 6.08 Å². The van der Waals surface area contributed by atoms with Gasteiger partial charge in [-0.2, -0.15) is 0 Å². The first-order valence-corrected chi connectivity index (χ1v) is 11.8. The maximum atomic E-state index is 11.1. The van der Waals surface area contributed by atoms with Crippen LogP contribution in [0.25, 0.3) is 23.1 Å². The number of rotatable bonds is 10. The SMILES string of the molecule is COc1ccc2c(/C=C/C(=O)O)ccc(C(O)CN3CCC(NC/C=C/c4ccco4)CC3)c2n1. The monoisotopic (exact) mass is 477 g/mol. The molecule has 0 saturated carbocycles. The maximum Gasteiger partial charge on any atom is 0.328 e. The van der Waals surface area contributed by atoms with E-state index in [4.69, 9.17) is 14.3 Å². The fourth-order valence-electron chi connectivity index (χ4n) is 4.39. The quantitative estimate of drug-likeness (QED) is 0.379. The van der Waals surface area contributed by atoms with Gasteiger partial charge in [0.1, 0.15) is 5.76 Å². The minimum absolute atomic E-state index is 0.441. The average Bonchev–Trinajstić information content (AvgIpc) is 3.39. The van der Waals surface area contributed by atoms with Crippen molar-refractivity contribution >= 4 is 29.0 Å².